The molecule has 0 amide bonds. The highest BCUT2D eigenvalue weighted by atomic mass is 16.5. The van der Waals surface area contributed by atoms with Crippen molar-refractivity contribution in [2.45, 2.75) is 77.2 Å². The first-order valence-corrected chi connectivity index (χ1v) is 7.80. The molecule has 0 aromatic carbocycles. The number of rotatable bonds is 6. The van der Waals surface area contributed by atoms with Crippen LogP contribution in [0.5, 0.6) is 0 Å². The van der Waals surface area contributed by atoms with Crippen LogP contribution in [0, 0.1) is 5.92 Å². The summed E-state index contributed by atoms with van der Waals surface area (Å²) in [6.45, 7) is 4.14. The minimum atomic E-state index is -0.424. The zero-order chi connectivity index (χ0) is 13.7. The summed E-state index contributed by atoms with van der Waals surface area (Å²) in [4.78, 5) is 4.51. The van der Waals surface area contributed by atoms with Crippen LogP contribution in [0.15, 0.2) is 4.52 Å². The minimum Gasteiger partial charge on any atom is -0.339 e. The van der Waals surface area contributed by atoms with Gasteiger partial charge in [-0.3, -0.25) is 0 Å². The third kappa shape index (κ3) is 3.56. The van der Waals surface area contributed by atoms with Crippen molar-refractivity contribution < 1.29 is 4.52 Å². The van der Waals surface area contributed by atoms with Gasteiger partial charge in [-0.15, -0.1) is 0 Å². The Balaban J connectivity index is 1.90. The van der Waals surface area contributed by atoms with Gasteiger partial charge >= 0.3 is 0 Å². The second kappa shape index (κ2) is 6.51. The molecule has 19 heavy (non-hydrogen) atoms. The molecule has 1 aromatic heterocycles. The lowest BCUT2D eigenvalue weighted by atomic mass is 9.86. The number of aromatic nitrogens is 2. The number of aryl methyl sites for hydroxylation is 1. The lowest BCUT2D eigenvalue weighted by molar-refractivity contribution is 0.308. The maximum Gasteiger partial charge on any atom is 0.226 e. The first-order valence-electron chi connectivity index (χ1n) is 7.80. The molecule has 1 aliphatic rings. The normalized spacial score (nSPS) is 17.8. The Bertz CT molecular complexity index is 378. The molecule has 0 radical (unpaired) electrons. The molecule has 2 rings (SSSR count). The van der Waals surface area contributed by atoms with Crippen LogP contribution in [-0.4, -0.2) is 10.1 Å². The monoisotopic (exact) mass is 265 g/mol. The van der Waals surface area contributed by atoms with Crippen LogP contribution in [0.25, 0.3) is 0 Å². The van der Waals surface area contributed by atoms with Gasteiger partial charge in [0, 0.05) is 6.42 Å². The molecule has 1 aromatic rings. The van der Waals surface area contributed by atoms with Crippen LogP contribution >= 0.6 is 0 Å². The fourth-order valence-corrected chi connectivity index (χ4v) is 2.93. The predicted molar refractivity (Wildman–Crippen MR) is 75.6 cm³/mol. The quantitative estimate of drug-likeness (QED) is 0.854. The molecule has 0 saturated heterocycles. The average molecular weight is 265 g/mol. The number of nitrogens with two attached hydrogens (primary N) is 1. The zero-order valence-electron chi connectivity index (χ0n) is 12.3. The second-order valence-electron chi connectivity index (χ2n) is 5.92. The minimum absolute atomic E-state index is 0.424. The van der Waals surface area contributed by atoms with Crippen molar-refractivity contribution in [1.29, 1.82) is 0 Å². The fraction of sp³-hybridized carbons (Fsp3) is 0.867. The molecule has 0 bridgehead atoms. The molecule has 0 spiro atoms. The SMILES string of the molecule is CCC(N)(CC)c1noc(CCC2CCCCC2)n1. The molecule has 0 unspecified atom stereocenters. The van der Waals surface area contributed by atoms with E-state index in [0.717, 1.165) is 31.1 Å². The van der Waals surface area contributed by atoms with Crippen molar-refractivity contribution in [2.75, 3.05) is 0 Å². The summed E-state index contributed by atoms with van der Waals surface area (Å²) in [6.07, 6.45) is 10.7. The Morgan fingerprint density at radius 1 is 1.21 bits per heavy atom. The molecule has 1 aliphatic carbocycles. The molecule has 4 heteroatoms. The van der Waals surface area contributed by atoms with Gasteiger partial charge in [-0.2, -0.15) is 4.98 Å². The summed E-state index contributed by atoms with van der Waals surface area (Å²) < 4.78 is 5.36. The Morgan fingerprint density at radius 3 is 2.53 bits per heavy atom. The summed E-state index contributed by atoms with van der Waals surface area (Å²) >= 11 is 0. The molecular weight excluding hydrogens is 238 g/mol. The van der Waals surface area contributed by atoms with Crippen LogP contribution in [0.4, 0.5) is 0 Å². The van der Waals surface area contributed by atoms with Crippen molar-refractivity contribution in [1.82, 2.24) is 10.1 Å². The Hall–Kier alpha value is -0.900. The van der Waals surface area contributed by atoms with Gasteiger partial charge in [-0.05, 0) is 25.2 Å². The molecule has 1 fully saturated rings. The summed E-state index contributed by atoms with van der Waals surface area (Å²) in [7, 11) is 0. The number of hydrogen-bond acceptors (Lipinski definition) is 4. The molecule has 0 atom stereocenters. The maximum atomic E-state index is 6.29. The van der Waals surface area contributed by atoms with E-state index in [4.69, 9.17) is 10.3 Å². The van der Waals surface area contributed by atoms with Gasteiger partial charge in [0.05, 0.1) is 5.54 Å². The van der Waals surface area contributed by atoms with Gasteiger partial charge in [0.25, 0.3) is 0 Å². The molecule has 4 nitrogen and oxygen atoms in total. The summed E-state index contributed by atoms with van der Waals surface area (Å²) in [6, 6.07) is 0. The van der Waals surface area contributed by atoms with Crippen LogP contribution in [0.2, 0.25) is 0 Å². The Labute approximate surface area is 116 Å². The van der Waals surface area contributed by atoms with E-state index in [2.05, 4.69) is 24.0 Å². The summed E-state index contributed by atoms with van der Waals surface area (Å²) in [5.41, 5.74) is 5.86. The van der Waals surface area contributed by atoms with Crippen LogP contribution in [-0.2, 0) is 12.0 Å². The van der Waals surface area contributed by atoms with E-state index in [9.17, 15) is 0 Å². The van der Waals surface area contributed by atoms with Crippen molar-refractivity contribution in [3.05, 3.63) is 11.7 Å². The number of hydrogen-bond donors (Lipinski definition) is 1. The van der Waals surface area contributed by atoms with Crippen LogP contribution in [0.3, 0.4) is 0 Å². The summed E-state index contributed by atoms with van der Waals surface area (Å²) in [5, 5.41) is 4.08. The predicted octanol–water partition coefficient (Wildman–Crippen LogP) is 3.56. The van der Waals surface area contributed by atoms with E-state index in [-0.39, 0.29) is 0 Å². The first kappa shape index (κ1) is 14.5. The second-order valence-corrected chi connectivity index (χ2v) is 5.92. The van der Waals surface area contributed by atoms with E-state index in [0.29, 0.717) is 5.82 Å². The largest absolute Gasteiger partial charge is 0.339 e. The topological polar surface area (TPSA) is 64.9 Å². The third-order valence-corrected chi connectivity index (χ3v) is 4.67. The first-order chi connectivity index (χ1) is 9.18. The highest BCUT2D eigenvalue weighted by molar-refractivity contribution is 5.03. The number of nitrogens with zero attached hydrogens (tertiary/aromatic N) is 2. The molecule has 2 N–H and O–H groups in total. The van der Waals surface area contributed by atoms with Crippen molar-refractivity contribution in [2.24, 2.45) is 11.7 Å². The zero-order valence-corrected chi connectivity index (χ0v) is 12.3. The molecule has 1 saturated carbocycles. The van der Waals surface area contributed by atoms with E-state index in [1.165, 1.54) is 38.5 Å². The molecule has 0 aliphatic heterocycles. The molecular formula is C15H27N3O. The van der Waals surface area contributed by atoms with Gasteiger partial charge in [-0.25, -0.2) is 0 Å². The van der Waals surface area contributed by atoms with Gasteiger partial charge in [-0.1, -0.05) is 51.1 Å². The fourth-order valence-electron chi connectivity index (χ4n) is 2.93. The van der Waals surface area contributed by atoms with Crippen molar-refractivity contribution >= 4 is 0 Å². The average Bonchev–Trinajstić information content (AvgIpc) is 2.95. The standard InChI is InChI=1S/C15H27N3O/c1-3-15(16,4-2)14-17-13(19-18-14)11-10-12-8-6-5-7-9-12/h12H,3-11,16H2,1-2H3. The molecule has 1 heterocycles. The third-order valence-electron chi connectivity index (χ3n) is 4.67. The lowest BCUT2D eigenvalue weighted by Gasteiger charge is -2.21. The van der Waals surface area contributed by atoms with Gasteiger partial charge in [0.15, 0.2) is 5.82 Å². The lowest BCUT2D eigenvalue weighted by Crippen LogP contribution is -2.36. The highest BCUT2D eigenvalue weighted by Crippen LogP contribution is 2.28. The Kier molecular flexibility index (Phi) is 4.97. The Morgan fingerprint density at radius 2 is 1.89 bits per heavy atom. The van der Waals surface area contributed by atoms with Gasteiger partial charge in [0.1, 0.15) is 0 Å². The molecule has 108 valence electrons. The van der Waals surface area contributed by atoms with E-state index >= 15 is 0 Å². The van der Waals surface area contributed by atoms with Crippen LogP contribution < -0.4 is 5.73 Å². The van der Waals surface area contributed by atoms with E-state index < -0.39 is 5.54 Å². The smallest absolute Gasteiger partial charge is 0.226 e. The van der Waals surface area contributed by atoms with Crippen molar-refractivity contribution in [3.63, 3.8) is 0 Å². The van der Waals surface area contributed by atoms with Gasteiger partial charge in [0.2, 0.25) is 5.89 Å². The van der Waals surface area contributed by atoms with E-state index in [1.54, 1.807) is 0 Å². The summed E-state index contributed by atoms with van der Waals surface area (Å²) in [5.74, 6) is 2.29. The highest BCUT2D eigenvalue weighted by Gasteiger charge is 2.29. The maximum absolute atomic E-state index is 6.29. The van der Waals surface area contributed by atoms with Gasteiger partial charge < -0.3 is 10.3 Å². The van der Waals surface area contributed by atoms with Crippen LogP contribution in [0.1, 0.15) is 76.9 Å². The van der Waals surface area contributed by atoms with Crippen molar-refractivity contribution in [3.8, 4) is 0 Å². The van der Waals surface area contributed by atoms with E-state index in [1.807, 2.05) is 0 Å².